The van der Waals surface area contributed by atoms with Crippen LogP contribution in [0.1, 0.15) is 24.8 Å². The first kappa shape index (κ1) is 17.3. The van der Waals surface area contributed by atoms with Crippen molar-refractivity contribution in [2.45, 2.75) is 42.0 Å². The zero-order chi connectivity index (χ0) is 16.1. The van der Waals surface area contributed by atoms with Gasteiger partial charge in [0.05, 0.1) is 0 Å². The first-order valence-corrected chi connectivity index (χ1v) is 10.3. The maximum Gasteiger partial charge on any atom is 0.317 e. The molecule has 122 valence electrons. The second kappa shape index (κ2) is 8.02. The van der Waals surface area contributed by atoms with Crippen LogP contribution in [0.3, 0.4) is 0 Å². The predicted molar refractivity (Wildman–Crippen MR) is 93.7 cm³/mol. The standard InChI is InChI=1S/C16H24N2O2S2/c1-18(11-12-7-9-13(10-8-12)22(3)20)16(19)17-14-5-4-6-15(14)21-2/h7-10,14-15H,4-6,11H2,1-3H3,(H,17,19)/t14-,15-,22+/m1/s1. The summed E-state index contributed by atoms with van der Waals surface area (Å²) in [7, 11) is 0.847. The van der Waals surface area contributed by atoms with E-state index in [0.29, 0.717) is 11.8 Å². The Bertz CT molecular complexity index is 533. The zero-order valence-electron chi connectivity index (χ0n) is 13.4. The van der Waals surface area contributed by atoms with Gasteiger partial charge in [-0.15, -0.1) is 0 Å². The van der Waals surface area contributed by atoms with Crippen molar-refractivity contribution in [3.8, 4) is 0 Å². The van der Waals surface area contributed by atoms with Gasteiger partial charge in [-0.2, -0.15) is 11.8 Å². The van der Waals surface area contributed by atoms with Gasteiger partial charge < -0.3 is 10.2 Å². The Morgan fingerprint density at radius 1 is 1.36 bits per heavy atom. The zero-order valence-corrected chi connectivity index (χ0v) is 15.0. The second-order valence-electron chi connectivity index (χ2n) is 5.72. The van der Waals surface area contributed by atoms with E-state index in [1.807, 2.05) is 43.1 Å². The largest absolute Gasteiger partial charge is 0.334 e. The third kappa shape index (κ3) is 4.49. The number of nitrogens with zero attached hydrogens (tertiary/aromatic N) is 1. The fourth-order valence-corrected chi connectivity index (χ4v) is 4.23. The Labute approximate surface area is 139 Å². The van der Waals surface area contributed by atoms with Crippen LogP contribution in [-0.2, 0) is 17.3 Å². The van der Waals surface area contributed by atoms with E-state index >= 15 is 0 Å². The van der Waals surface area contributed by atoms with Gasteiger partial charge >= 0.3 is 6.03 Å². The van der Waals surface area contributed by atoms with Crippen LogP contribution in [-0.4, -0.2) is 46.0 Å². The Balaban J connectivity index is 1.89. The van der Waals surface area contributed by atoms with Crippen LogP contribution in [0.2, 0.25) is 0 Å². The van der Waals surface area contributed by atoms with Crippen LogP contribution in [0.4, 0.5) is 4.79 Å². The summed E-state index contributed by atoms with van der Waals surface area (Å²) in [6.07, 6.45) is 7.22. The maximum atomic E-state index is 12.3. The number of hydrogen-bond donors (Lipinski definition) is 1. The van der Waals surface area contributed by atoms with Crippen LogP contribution in [0.5, 0.6) is 0 Å². The van der Waals surface area contributed by atoms with Crippen molar-refractivity contribution in [3.63, 3.8) is 0 Å². The molecule has 0 saturated heterocycles. The van der Waals surface area contributed by atoms with E-state index in [1.54, 1.807) is 11.2 Å². The molecule has 0 unspecified atom stereocenters. The highest BCUT2D eigenvalue weighted by Gasteiger charge is 2.28. The van der Waals surface area contributed by atoms with Crippen LogP contribution >= 0.6 is 11.8 Å². The highest BCUT2D eigenvalue weighted by Crippen LogP contribution is 2.28. The molecule has 0 spiro atoms. The van der Waals surface area contributed by atoms with E-state index in [9.17, 15) is 9.00 Å². The molecule has 1 aromatic carbocycles. The molecule has 1 fully saturated rings. The van der Waals surface area contributed by atoms with Crippen LogP contribution in [0.25, 0.3) is 0 Å². The molecular weight excluding hydrogens is 316 g/mol. The highest BCUT2D eigenvalue weighted by molar-refractivity contribution is 7.99. The molecular formula is C16H24N2O2S2. The van der Waals surface area contributed by atoms with Crippen molar-refractivity contribution in [3.05, 3.63) is 29.8 Å². The van der Waals surface area contributed by atoms with E-state index < -0.39 is 10.8 Å². The molecule has 0 radical (unpaired) electrons. The molecule has 6 heteroatoms. The minimum Gasteiger partial charge on any atom is -0.334 e. The number of carbonyl (C=O) groups excluding carboxylic acids is 1. The summed E-state index contributed by atoms with van der Waals surface area (Å²) in [6, 6.07) is 7.85. The van der Waals surface area contributed by atoms with Crippen molar-refractivity contribution in [2.75, 3.05) is 19.6 Å². The van der Waals surface area contributed by atoms with Crippen molar-refractivity contribution in [1.82, 2.24) is 10.2 Å². The molecule has 0 aromatic heterocycles. The van der Waals surface area contributed by atoms with Crippen LogP contribution < -0.4 is 5.32 Å². The molecule has 2 rings (SSSR count). The van der Waals surface area contributed by atoms with Gasteiger partial charge in [0.25, 0.3) is 0 Å². The molecule has 1 aromatic rings. The summed E-state index contributed by atoms with van der Waals surface area (Å²) in [5, 5.41) is 3.69. The van der Waals surface area contributed by atoms with Crippen LogP contribution in [0, 0.1) is 0 Å². The third-order valence-electron chi connectivity index (χ3n) is 4.09. The lowest BCUT2D eigenvalue weighted by atomic mass is 10.2. The fraction of sp³-hybridized carbons (Fsp3) is 0.562. The van der Waals surface area contributed by atoms with Gasteiger partial charge in [-0.3, -0.25) is 4.21 Å². The summed E-state index contributed by atoms with van der Waals surface area (Å²) in [4.78, 5) is 14.8. The van der Waals surface area contributed by atoms with E-state index in [4.69, 9.17) is 0 Å². The highest BCUT2D eigenvalue weighted by atomic mass is 32.2. The average Bonchev–Trinajstić information content (AvgIpc) is 2.94. The lowest BCUT2D eigenvalue weighted by molar-refractivity contribution is 0.203. The number of hydrogen-bond acceptors (Lipinski definition) is 3. The van der Waals surface area contributed by atoms with E-state index in [-0.39, 0.29) is 12.1 Å². The minimum absolute atomic E-state index is 0.0194. The van der Waals surface area contributed by atoms with E-state index in [0.717, 1.165) is 16.9 Å². The van der Waals surface area contributed by atoms with Crippen molar-refractivity contribution < 1.29 is 9.00 Å². The van der Waals surface area contributed by atoms with Gasteiger partial charge in [0, 0.05) is 46.8 Å². The van der Waals surface area contributed by atoms with Crippen molar-refractivity contribution >= 4 is 28.6 Å². The number of nitrogens with one attached hydrogen (secondary N) is 1. The van der Waals surface area contributed by atoms with Crippen molar-refractivity contribution in [1.29, 1.82) is 0 Å². The first-order valence-electron chi connectivity index (χ1n) is 7.48. The SMILES string of the molecule is CS[C@@H]1CCC[C@H]1NC(=O)N(C)Cc1ccc([S@](C)=O)cc1. The Morgan fingerprint density at radius 3 is 2.64 bits per heavy atom. The smallest absolute Gasteiger partial charge is 0.317 e. The second-order valence-corrected chi connectivity index (χ2v) is 8.17. The van der Waals surface area contributed by atoms with E-state index in [1.165, 1.54) is 12.8 Å². The van der Waals surface area contributed by atoms with Gasteiger partial charge in [-0.05, 0) is 36.8 Å². The number of thioether (sulfide) groups is 1. The quantitative estimate of drug-likeness (QED) is 0.897. The molecule has 1 N–H and O–H groups in total. The molecule has 1 aliphatic rings. The molecule has 0 heterocycles. The summed E-state index contributed by atoms with van der Waals surface area (Å²) in [5.41, 5.74) is 1.04. The Kier molecular flexibility index (Phi) is 6.32. The fourth-order valence-electron chi connectivity index (χ4n) is 2.77. The lowest BCUT2D eigenvalue weighted by Gasteiger charge is -2.24. The molecule has 22 heavy (non-hydrogen) atoms. The predicted octanol–water partition coefficient (Wildman–Crippen LogP) is 2.85. The van der Waals surface area contributed by atoms with Gasteiger partial charge in [0.2, 0.25) is 0 Å². The normalized spacial score (nSPS) is 22.3. The average molecular weight is 341 g/mol. The van der Waals surface area contributed by atoms with Gasteiger partial charge in [-0.25, -0.2) is 4.79 Å². The molecule has 0 aliphatic heterocycles. The van der Waals surface area contributed by atoms with Gasteiger partial charge in [0.1, 0.15) is 0 Å². The number of amides is 2. The lowest BCUT2D eigenvalue weighted by Crippen LogP contribution is -2.45. The minimum atomic E-state index is -0.962. The monoisotopic (exact) mass is 340 g/mol. The molecule has 0 bridgehead atoms. The molecule has 3 atom stereocenters. The number of rotatable bonds is 5. The summed E-state index contributed by atoms with van der Waals surface area (Å²) >= 11 is 1.84. The molecule has 4 nitrogen and oxygen atoms in total. The molecule has 2 amide bonds. The first-order chi connectivity index (χ1) is 10.5. The van der Waals surface area contributed by atoms with Gasteiger partial charge in [-0.1, -0.05) is 18.6 Å². The topological polar surface area (TPSA) is 49.4 Å². The van der Waals surface area contributed by atoms with Crippen molar-refractivity contribution in [2.24, 2.45) is 0 Å². The summed E-state index contributed by atoms with van der Waals surface area (Å²) in [6.45, 7) is 0.555. The third-order valence-corrected chi connectivity index (χ3v) is 6.19. The van der Waals surface area contributed by atoms with Gasteiger partial charge in [0.15, 0.2) is 0 Å². The summed E-state index contributed by atoms with van der Waals surface area (Å²) in [5.74, 6) is 0. The number of urea groups is 1. The molecule has 1 aliphatic carbocycles. The maximum absolute atomic E-state index is 12.3. The Hall–Kier alpha value is -1.01. The summed E-state index contributed by atoms with van der Waals surface area (Å²) < 4.78 is 11.4. The van der Waals surface area contributed by atoms with Crippen LogP contribution in [0.15, 0.2) is 29.2 Å². The number of carbonyl (C=O) groups is 1. The Morgan fingerprint density at radius 2 is 2.05 bits per heavy atom. The number of benzene rings is 1. The molecule has 1 saturated carbocycles. The van der Waals surface area contributed by atoms with E-state index in [2.05, 4.69) is 11.6 Å².